The lowest BCUT2D eigenvalue weighted by Crippen LogP contribution is -2.43. The van der Waals surface area contributed by atoms with E-state index in [1.54, 1.807) is 0 Å². The van der Waals surface area contributed by atoms with Gasteiger partial charge in [0.15, 0.2) is 0 Å². The highest BCUT2D eigenvalue weighted by atomic mass is 16.4. The zero-order valence-electron chi connectivity index (χ0n) is 9.87. The van der Waals surface area contributed by atoms with Crippen LogP contribution in [0.15, 0.2) is 0 Å². The third-order valence-electron chi connectivity index (χ3n) is 3.17. The van der Waals surface area contributed by atoms with Crippen molar-refractivity contribution < 1.29 is 14.7 Å². The van der Waals surface area contributed by atoms with Crippen molar-refractivity contribution in [3.05, 3.63) is 0 Å². The molecule has 1 rings (SSSR count). The summed E-state index contributed by atoms with van der Waals surface area (Å²) in [4.78, 5) is 22.7. The lowest BCUT2D eigenvalue weighted by molar-refractivity contribution is -0.142. The number of carboxylic acid groups (broad SMARTS) is 1. The molecule has 1 aliphatic carbocycles. The minimum atomic E-state index is -0.925. The molecule has 0 saturated heterocycles. The van der Waals surface area contributed by atoms with Gasteiger partial charge in [-0.25, -0.2) is 4.79 Å². The summed E-state index contributed by atoms with van der Waals surface area (Å²) >= 11 is 0. The van der Waals surface area contributed by atoms with E-state index in [-0.39, 0.29) is 11.8 Å². The number of nitrogens with one attached hydrogen (secondary N) is 1. The van der Waals surface area contributed by atoms with Gasteiger partial charge in [-0.2, -0.15) is 0 Å². The first-order valence-corrected chi connectivity index (χ1v) is 6.18. The molecule has 4 heteroatoms. The van der Waals surface area contributed by atoms with Crippen molar-refractivity contribution in [2.45, 2.75) is 57.9 Å². The van der Waals surface area contributed by atoms with E-state index in [1.165, 1.54) is 6.42 Å². The van der Waals surface area contributed by atoms with E-state index in [0.29, 0.717) is 6.42 Å². The predicted octanol–water partition coefficient (Wildman–Crippen LogP) is 1.94. The molecule has 0 heterocycles. The second kappa shape index (κ2) is 6.51. The van der Waals surface area contributed by atoms with Crippen LogP contribution in [0.3, 0.4) is 0 Å². The van der Waals surface area contributed by atoms with Crippen molar-refractivity contribution in [3.63, 3.8) is 0 Å². The molecule has 16 heavy (non-hydrogen) atoms. The lowest BCUT2D eigenvalue weighted by Gasteiger charge is -2.23. The lowest BCUT2D eigenvalue weighted by atomic mass is 9.88. The molecule has 1 saturated carbocycles. The molecule has 0 spiro atoms. The molecule has 1 amide bonds. The highest BCUT2D eigenvalue weighted by Crippen LogP contribution is 2.23. The number of rotatable bonds is 5. The molecule has 4 nitrogen and oxygen atoms in total. The number of carboxylic acids is 1. The maximum atomic E-state index is 11.8. The smallest absolute Gasteiger partial charge is 0.326 e. The van der Waals surface area contributed by atoms with Gasteiger partial charge >= 0.3 is 5.97 Å². The van der Waals surface area contributed by atoms with Crippen molar-refractivity contribution in [3.8, 4) is 0 Å². The first-order chi connectivity index (χ1) is 7.65. The molecule has 0 aromatic carbocycles. The van der Waals surface area contributed by atoms with Crippen LogP contribution in [-0.2, 0) is 9.59 Å². The van der Waals surface area contributed by atoms with Crippen LogP contribution in [0.1, 0.15) is 51.9 Å². The molecular weight excluding hydrogens is 206 g/mol. The van der Waals surface area contributed by atoms with Gasteiger partial charge in [-0.15, -0.1) is 0 Å². The minimum absolute atomic E-state index is 0.0347. The molecule has 0 aliphatic heterocycles. The zero-order chi connectivity index (χ0) is 12.0. The second-order valence-electron chi connectivity index (χ2n) is 4.52. The van der Waals surface area contributed by atoms with Gasteiger partial charge in [-0.3, -0.25) is 4.79 Å². The maximum Gasteiger partial charge on any atom is 0.326 e. The van der Waals surface area contributed by atoms with E-state index in [2.05, 4.69) is 5.32 Å². The van der Waals surface area contributed by atoms with E-state index in [0.717, 1.165) is 32.1 Å². The highest BCUT2D eigenvalue weighted by molar-refractivity contribution is 5.84. The third-order valence-corrected chi connectivity index (χ3v) is 3.17. The van der Waals surface area contributed by atoms with Crippen molar-refractivity contribution in [1.29, 1.82) is 0 Å². The van der Waals surface area contributed by atoms with E-state index in [1.807, 2.05) is 6.92 Å². The third kappa shape index (κ3) is 3.83. The van der Waals surface area contributed by atoms with Crippen LogP contribution in [0.2, 0.25) is 0 Å². The first-order valence-electron chi connectivity index (χ1n) is 6.18. The minimum Gasteiger partial charge on any atom is -0.480 e. The number of hydrogen-bond donors (Lipinski definition) is 2. The summed E-state index contributed by atoms with van der Waals surface area (Å²) in [6.07, 6.45) is 6.46. The van der Waals surface area contributed by atoms with Gasteiger partial charge in [0, 0.05) is 5.92 Å². The molecule has 0 aromatic rings. The van der Waals surface area contributed by atoms with Crippen molar-refractivity contribution in [2.75, 3.05) is 0 Å². The first kappa shape index (κ1) is 13.0. The normalized spacial score (nSPS) is 19.1. The van der Waals surface area contributed by atoms with Gasteiger partial charge in [0.25, 0.3) is 0 Å². The monoisotopic (exact) mass is 227 g/mol. The standard InChI is InChI=1S/C12H21NO3/c1-2-6-10(12(15)16)13-11(14)9-7-4-3-5-8-9/h9-10H,2-8H2,1H3,(H,13,14)(H,15,16)/t10-/m1/s1. The van der Waals surface area contributed by atoms with Crippen molar-refractivity contribution >= 4 is 11.9 Å². The molecule has 0 aromatic heterocycles. The Labute approximate surface area is 96.4 Å². The molecule has 0 bridgehead atoms. The summed E-state index contributed by atoms with van der Waals surface area (Å²) in [5, 5.41) is 11.6. The fourth-order valence-electron chi connectivity index (χ4n) is 2.20. The summed E-state index contributed by atoms with van der Waals surface area (Å²) < 4.78 is 0. The van der Waals surface area contributed by atoms with Gasteiger partial charge < -0.3 is 10.4 Å². The molecule has 2 N–H and O–H groups in total. The average molecular weight is 227 g/mol. The van der Waals surface area contributed by atoms with Crippen LogP contribution in [0.4, 0.5) is 0 Å². The van der Waals surface area contributed by atoms with E-state index < -0.39 is 12.0 Å². The fourth-order valence-corrected chi connectivity index (χ4v) is 2.20. The van der Waals surface area contributed by atoms with Crippen LogP contribution < -0.4 is 5.32 Å². The summed E-state index contributed by atoms with van der Waals surface area (Å²) in [7, 11) is 0. The van der Waals surface area contributed by atoms with Gasteiger partial charge in [-0.05, 0) is 19.3 Å². The molecular formula is C12H21NO3. The van der Waals surface area contributed by atoms with Crippen LogP contribution in [0, 0.1) is 5.92 Å². The highest BCUT2D eigenvalue weighted by Gasteiger charge is 2.25. The Morgan fingerprint density at radius 2 is 1.94 bits per heavy atom. The Morgan fingerprint density at radius 1 is 1.31 bits per heavy atom. The number of amides is 1. The zero-order valence-corrected chi connectivity index (χ0v) is 9.87. The quantitative estimate of drug-likeness (QED) is 0.754. The number of carbonyl (C=O) groups is 2. The molecule has 1 fully saturated rings. The second-order valence-corrected chi connectivity index (χ2v) is 4.52. The predicted molar refractivity (Wildman–Crippen MR) is 61.0 cm³/mol. The Balaban J connectivity index is 2.43. The molecule has 1 aliphatic rings. The molecule has 92 valence electrons. The van der Waals surface area contributed by atoms with Crippen LogP contribution in [0.5, 0.6) is 0 Å². The van der Waals surface area contributed by atoms with E-state index in [9.17, 15) is 9.59 Å². The topological polar surface area (TPSA) is 66.4 Å². The molecule has 0 radical (unpaired) electrons. The fraction of sp³-hybridized carbons (Fsp3) is 0.833. The Morgan fingerprint density at radius 3 is 2.44 bits per heavy atom. The largest absolute Gasteiger partial charge is 0.480 e. The number of aliphatic carboxylic acids is 1. The van der Waals surface area contributed by atoms with Crippen LogP contribution >= 0.6 is 0 Å². The Bertz CT molecular complexity index is 247. The SMILES string of the molecule is CCC[C@@H](NC(=O)C1CCCCC1)C(=O)O. The van der Waals surface area contributed by atoms with Crippen molar-refractivity contribution in [1.82, 2.24) is 5.32 Å². The van der Waals surface area contributed by atoms with E-state index >= 15 is 0 Å². The van der Waals surface area contributed by atoms with Gasteiger partial charge in [0.1, 0.15) is 6.04 Å². The number of hydrogen-bond acceptors (Lipinski definition) is 2. The molecule has 1 atom stereocenters. The van der Waals surface area contributed by atoms with Crippen LogP contribution in [-0.4, -0.2) is 23.0 Å². The van der Waals surface area contributed by atoms with E-state index in [4.69, 9.17) is 5.11 Å². The summed E-state index contributed by atoms with van der Waals surface area (Å²) in [5.74, 6) is -0.959. The Hall–Kier alpha value is -1.06. The maximum absolute atomic E-state index is 11.8. The van der Waals surface area contributed by atoms with Gasteiger partial charge in [0.2, 0.25) is 5.91 Å². The summed E-state index contributed by atoms with van der Waals surface area (Å²) in [5.41, 5.74) is 0. The average Bonchev–Trinajstić information content (AvgIpc) is 2.29. The summed E-state index contributed by atoms with van der Waals surface area (Å²) in [6, 6.07) is -0.709. The van der Waals surface area contributed by atoms with Gasteiger partial charge in [-0.1, -0.05) is 32.6 Å². The molecule has 0 unspecified atom stereocenters. The number of carbonyl (C=O) groups excluding carboxylic acids is 1. The van der Waals surface area contributed by atoms with Crippen LogP contribution in [0.25, 0.3) is 0 Å². The van der Waals surface area contributed by atoms with Gasteiger partial charge in [0.05, 0.1) is 0 Å². The Kier molecular flexibility index (Phi) is 5.29. The van der Waals surface area contributed by atoms with Crippen molar-refractivity contribution in [2.24, 2.45) is 5.92 Å². The summed E-state index contributed by atoms with van der Waals surface area (Å²) in [6.45, 7) is 1.92.